The highest BCUT2D eigenvalue weighted by molar-refractivity contribution is 7.99. The minimum Gasteiger partial charge on any atom is -0.383 e. The average molecular weight is 349 g/mol. The number of amidine groups is 1. The first kappa shape index (κ1) is 18.4. The summed E-state index contributed by atoms with van der Waals surface area (Å²) >= 11 is 1.45. The Morgan fingerprint density at radius 1 is 1.17 bits per heavy atom. The topological polar surface area (TPSA) is 106 Å². The zero-order valence-corrected chi connectivity index (χ0v) is 14.8. The van der Waals surface area contributed by atoms with Crippen molar-refractivity contribution in [2.45, 2.75) is 18.6 Å². The third kappa shape index (κ3) is 5.33. The zero-order chi connectivity index (χ0) is 17.6. The van der Waals surface area contributed by atoms with Gasteiger partial charge in [-0.2, -0.15) is 9.98 Å². The normalized spacial score (nSPS) is 17.8. The summed E-state index contributed by atoms with van der Waals surface area (Å²) in [6.07, 6.45) is 0. The molecule has 0 bridgehead atoms. The predicted molar refractivity (Wildman–Crippen MR) is 97.9 cm³/mol. The number of nitrogens with zero attached hydrogens (tertiary/aromatic N) is 3. The molecule has 4 N–H and O–H groups in total. The van der Waals surface area contributed by atoms with Crippen LogP contribution in [0.5, 0.6) is 0 Å². The second-order valence-corrected chi connectivity index (χ2v) is 7.50. The van der Waals surface area contributed by atoms with Crippen LogP contribution in [0.2, 0.25) is 0 Å². The van der Waals surface area contributed by atoms with Gasteiger partial charge in [0.15, 0.2) is 0 Å². The van der Waals surface area contributed by atoms with E-state index in [9.17, 15) is 4.79 Å². The summed E-state index contributed by atoms with van der Waals surface area (Å²) in [7, 11) is 0. The number of morpholine rings is 1. The molecule has 130 valence electrons. The third-order valence-electron chi connectivity index (χ3n) is 3.36. The van der Waals surface area contributed by atoms with Gasteiger partial charge >= 0.3 is 0 Å². The van der Waals surface area contributed by atoms with E-state index >= 15 is 0 Å². The van der Waals surface area contributed by atoms with Crippen molar-refractivity contribution in [3.05, 3.63) is 35.9 Å². The van der Waals surface area contributed by atoms with E-state index < -0.39 is 4.75 Å². The van der Waals surface area contributed by atoms with Gasteiger partial charge in [0.1, 0.15) is 10.6 Å². The molecule has 1 aliphatic rings. The maximum Gasteiger partial charge on any atom is 0.265 e. The second-order valence-electron chi connectivity index (χ2n) is 5.78. The van der Waals surface area contributed by atoms with E-state index in [1.807, 2.05) is 44.2 Å². The molecule has 1 aliphatic heterocycles. The number of hydrogen-bond acceptors (Lipinski definition) is 4. The molecular formula is C16H23N5O2S. The molecule has 0 aromatic heterocycles. The highest BCUT2D eigenvalue weighted by Gasteiger charge is 2.32. The van der Waals surface area contributed by atoms with Crippen LogP contribution in [0.4, 0.5) is 0 Å². The van der Waals surface area contributed by atoms with Crippen LogP contribution in [-0.4, -0.2) is 53.1 Å². The second kappa shape index (κ2) is 8.27. The number of aliphatic imine (C=N–C) groups is 2. The Hall–Kier alpha value is -1.90. The molecule has 1 heterocycles. The Bertz CT molecular complexity index is 625. The van der Waals surface area contributed by atoms with E-state index in [1.165, 1.54) is 11.9 Å². The molecule has 8 heteroatoms. The van der Waals surface area contributed by atoms with Crippen molar-refractivity contribution in [3.8, 4) is 0 Å². The molecule has 2 rings (SSSR count). The number of rotatable bonds is 4. The van der Waals surface area contributed by atoms with Crippen LogP contribution in [0.25, 0.3) is 0 Å². The molecule has 0 saturated carbocycles. The lowest BCUT2D eigenvalue weighted by molar-refractivity contribution is -0.119. The fourth-order valence-electron chi connectivity index (χ4n) is 2.06. The van der Waals surface area contributed by atoms with Gasteiger partial charge in [0, 0.05) is 18.7 Å². The Labute approximate surface area is 146 Å². The Morgan fingerprint density at radius 3 is 2.42 bits per heavy atom. The summed E-state index contributed by atoms with van der Waals surface area (Å²) in [5.74, 6) is -0.263. The van der Waals surface area contributed by atoms with Crippen LogP contribution in [0.1, 0.15) is 19.4 Å². The summed E-state index contributed by atoms with van der Waals surface area (Å²) in [5, 5.41) is 0. The molecule has 1 saturated heterocycles. The largest absolute Gasteiger partial charge is 0.383 e. The highest BCUT2D eigenvalue weighted by atomic mass is 32.2. The average Bonchev–Trinajstić information content (AvgIpc) is 2.56. The first-order chi connectivity index (χ1) is 11.4. The smallest absolute Gasteiger partial charge is 0.265 e. The van der Waals surface area contributed by atoms with Crippen molar-refractivity contribution < 1.29 is 9.53 Å². The summed E-state index contributed by atoms with van der Waals surface area (Å²) in [4.78, 5) is 20.3. The van der Waals surface area contributed by atoms with E-state index in [0.29, 0.717) is 13.2 Å². The van der Waals surface area contributed by atoms with Gasteiger partial charge in [0.2, 0.25) is 5.96 Å². The van der Waals surface area contributed by atoms with E-state index in [2.05, 4.69) is 14.3 Å². The summed E-state index contributed by atoms with van der Waals surface area (Å²) < 4.78 is 6.67. The Balaban J connectivity index is 2.03. The number of hydrogen-bond donors (Lipinski definition) is 2. The van der Waals surface area contributed by atoms with E-state index in [4.69, 9.17) is 16.2 Å². The predicted octanol–water partition coefficient (Wildman–Crippen LogP) is 0.992. The van der Waals surface area contributed by atoms with Crippen LogP contribution < -0.4 is 11.5 Å². The molecule has 1 aromatic rings. The van der Waals surface area contributed by atoms with Crippen molar-refractivity contribution in [1.82, 2.24) is 4.31 Å². The number of carbonyl (C=O) groups excluding carboxylic acids is 1. The molecule has 1 amide bonds. The van der Waals surface area contributed by atoms with Gasteiger partial charge in [0.05, 0.1) is 13.2 Å². The molecular weight excluding hydrogens is 326 g/mol. The van der Waals surface area contributed by atoms with Crippen LogP contribution in [-0.2, 0) is 9.53 Å². The number of carbonyl (C=O) groups is 1. The number of benzene rings is 1. The van der Waals surface area contributed by atoms with Crippen LogP contribution in [0.3, 0.4) is 0 Å². The van der Waals surface area contributed by atoms with Gasteiger partial charge in [-0.25, -0.2) is 4.31 Å². The lowest BCUT2D eigenvalue weighted by Crippen LogP contribution is -2.38. The van der Waals surface area contributed by atoms with Crippen LogP contribution in [0, 0.1) is 0 Å². The van der Waals surface area contributed by atoms with Gasteiger partial charge in [-0.1, -0.05) is 42.3 Å². The lowest BCUT2D eigenvalue weighted by Gasteiger charge is -2.31. The molecule has 0 unspecified atom stereocenters. The number of ether oxygens (including phenoxy) is 1. The first-order valence-corrected chi connectivity index (χ1v) is 8.46. The SMILES string of the molecule is CC(C)(SN1CCOCC1)C(=O)N=C(N)/N=C(\N)c1ccccc1. The van der Waals surface area contributed by atoms with Crippen molar-refractivity contribution in [3.63, 3.8) is 0 Å². The quantitative estimate of drug-likeness (QED) is 0.477. The molecule has 1 fully saturated rings. The van der Waals surface area contributed by atoms with E-state index in [-0.39, 0.29) is 17.7 Å². The third-order valence-corrected chi connectivity index (χ3v) is 4.62. The van der Waals surface area contributed by atoms with Gasteiger partial charge < -0.3 is 16.2 Å². The Morgan fingerprint density at radius 2 is 1.79 bits per heavy atom. The van der Waals surface area contributed by atoms with Crippen LogP contribution in [0.15, 0.2) is 40.3 Å². The standard InChI is InChI=1S/C16H23N5O2S/c1-16(2,24-21-8-10-23-11-9-21)14(22)20-15(18)19-13(17)12-6-4-3-5-7-12/h3-7H,8-11H2,1-2H3,(H4,17,18,19,20,22). The van der Waals surface area contributed by atoms with Gasteiger partial charge in [0.25, 0.3) is 5.91 Å². The maximum atomic E-state index is 12.4. The summed E-state index contributed by atoms with van der Waals surface area (Å²) in [6, 6.07) is 9.19. The minimum absolute atomic E-state index is 0.142. The van der Waals surface area contributed by atoms with Gasteiger partial charge in [-0.05, 0) is 13.8 Å². The molecule has 0 atom stereocenters. The number of nitrogens with two attached hydrogens (primary N) is 2. The monoisotopic (exact) mass is 349 g/mol. The first-order valence-electron chi connectivity index (χ1n) is 7.68. The summed E-state index contributed by atoms with van der Waals surface area (Å²) in [5.41, 5.74) is 12.4. The molecule has 0 spiro atoms. The summed E-state index contributed by atoms with van der Waals surface area (Å²) in [6.45, 7) is 6.52. The van der Waals surface area contributed by atoms with Gasteiger partial charge in [-0.3, -0.25) is 4.79 Å². The lowest BCUT2D eigenvalue weighted by atomic mass is 10.2. The highest BCUT2D eigenvalue weighted by Crippen LogP contribution is 2.30. The zero-order valence-electron chi connectivity index (χ0n) is 13.9. The van der Waals surface area contributed by atoms with Crippen LogP contribution >= 0.6 is 11.9 Å². The molecule has 24 heavy (non-hydrogen) atoms. The van der Waals surface area contributed by atoms with Crippen molar-refractivity contribution in [2.75, 3.05) is 26.3 Å². The molecule has 0 radical (unpaired) electrons. The number of guanidine groups is 1. The van der Waals surface area contributed by atoms with Crippen molar-refractivity contribution >= 4 is 29.7 Å². The van der Waals surface area contributed by atoms with Crippen molar-refractivity contribution in [2.24, 2.45) is 21.5 Å². The van der Waals surface area contributed by atoms with Crippen molar-refractivity contribution in [1.29, 1.82) is 0 Å². The minimum atomic E-state index is -0.737. The van der Waals surface area contributed by atoms with Gasteiger partial charge in [-0.15, -0.1) is 0 Å². The molecule has 1 aromatic carbocycles. The molecule has 7 nitrogen and oxygen atoms in total. The number of amides is 1. The van der Waals surface area contributed by atoms with E-state index in [0.717, 1.165) is 18.7 Å². The maximum absolute atomic E-state index is 12.4. The Kier molecular flexibility index (Phi) is 6.36. The fourth-order valence-corrected chi connectivity index (χ4v) is 3.16. The van der Waals surface area contributed by atoms with E-state index in [1.54, 1.807) is 0 Å². The molecule has 0 aliphatic carbocycles. The fraction of sp³-hybridized carbons (Fsp3) is 0.438.